The first-order valence-electron chi connectivity index (χ1n) is 13.5. The number of benzene rings is 2. The highest BCUT2D eigenvalue weighted by molar-refractivity contribution is 6.99. The predicted molar refractivity (Wildman–Crippen MR) is 153 cm³/mol. The van der Waals surface area contributed by atoms with Crippen LogP contribution in [0.25, 0.3) is 11.2 Å². The van der Waals surface area contributed by atoms with Crippen molar-refractivity contribution in [1.29, 1.82) is 0 Å². The number of nitrogens with zero attached hydrogens (tertiary/aromatic N) is 5. The number of hydrogen-bond acceptors (Lipinski definition) is 6. The minimum atomic E-state index is -2.67. The molecule has 4 atom stereocenters. The van der Waals surface area contributed by atoms with Crippen LogP contribution in [0.4, 0.5) is 5.82 Å². The number of imidazole rings is 1. The van der Waals surface area contributed by atoms with Crippen molar-refractivity contribution in [3.8, 4) is 0 Å². The largest absolute Gasteiger partial charge is 0.407 e. The van der Waals surface area contributed by atoms with Crippen LogP contribution in [0.3, 0.4) is 0 Å². The number of hydrogen-bond donors (Lipinski definition) is 1. The molecular formula is C30H37N5O2Si. The summed E-state index contributed by atoms with van der Waals surface area (Å²) in [5.41, 5.74) is 1.48. The van der Waals surface area contributed by atoms with E-state index < -0.39 is 14.4 Å². The van der Waals surface area contributed by atoms with Crippen molar-refractivity contribution in [3.63, 3.8) is 0 Å². The van der Waals surface area contributed by atoms with Gasteiger partial charge in [-0.1, -0.05) is 81.4 Å². The third kappa shape index (κ3) is 3.72. The first kappa shape index (κ1) is 25.2. The summed E-state index contributed by atoms with van der Waals surface area (Å²) in [6.07, 6.45) is 4.77. The highest BCUT2D eigenvalue weighted by Crippen LogP contribution is 2.64. The lowest BCUT2D eigenvalue weighted by molar-refractivity contribution is 0.0759. The molecule has 6 rings (SSSR count). The lowest BCUT2D eigenvalue weighted by Crippen LogP contribution is -2.67. The van der Waals surface area contributed by atoms with Crippen LogP contribution in [-0.2, 0) is 9.96 Å². The Morgan fingerprint density at radius 3 is 2.18 bits per heavy atom. The van der Waals surface area contributed by atoms with Gasteiger partial charge in [0.1, 0.15) is 6.33 Å². The average molecular weight is 528 g/mol. The molecule has 0 unspecified atom stereocenters. The van der Waals surface area contributed by atoms with E-state index in [4.69, 9.17) is 9.41 Å². The maximum atomic E-state index is 11.4. The molecule has 2 aliphatic carbocycles. The molecule has 0 radical (unpaired) electrons. The minimum Gasteiger partial charge on any atom is -0.407 e. The summed E-state index contributed by atoms with van der Waals surface area (Å²) < 4.78 is 9.44. The molecule has 198 valence electrons. The van der Waals surface area contributed by atoms with Crippen molar-refractivity contribution in [1.82, 2.24) is 19.5 Å². The Kier molecular flexibility index (Phi) is 5.97. The van der Waals surface area contributed by atoms with E-state index in [0.29, 0.717) is 18.9 Å². The number of aliphatic hydroxyl groups excluding tert-OH is 1. The summed E-state index contributed by atoms with van der Waals surface area (Å²) in [5, 5.41) is 13.8. The number of rotatable bonds is 7. The summed E-state index contributed by atoms with van der Waals surface area (Å²) >= 11 is 0. The predicted octanol–water partition coefficient (Wildman–Crippen LogP) is 3.56. The number of aromatic nitrogens is 4. The van der Waals surface area contributed by atoms with Gasteiger partial charge in [-0.3, -0.25) is 0 Å². The molecule has 2 fully saturated rings. The van der Waals surface area contributed by atoms with E-state index in [9.17, 15) is 5.11 Å². The van der Waals surface area contributed by atoms with E-state index in [2.05, 4.69) is 96.0 Å². The van der Waals surface area contributed by atoms with Gasteiger partial charge in [0, 0.05) is 26.6 Å². The molecule has 0 bridgehead atoms. The molecule has 38 heavy (non-hydrogen) atoms. The molecule has 2 aromatic heterocycles. The van der Waals surface area contributed by atoms with Crippen molar-refractivity contribution in [2.24, 2.45) is 11.8 Å². The van der Waals surface area contributed by atoms with Gasteiger partial charge >= 0.3 is 0 Å². The highest BCUT2D eigenvalue weighted by atomic mass is 28.4. The van der Waals surface area contributed by atoms with Crippen LogP contribution < -0.4 is 15.3 Å². The van der Waals surface area contributed by atoms with Crippen LogP contribution in [0.15, 0.2) is 73.3 Å². The van der Waals surface area contributed by atoms with Crippen LogP contribution in [0.1, 0.15) is 33.6 Å². The van der Waals surface area contributed by atoms with E-state index in [1.807, 2.05) is 25.3 Å². The van der Waals surface area contributed by atoms with Gasteiger partial charge in [-0.15, -0.1) is 0 Å². The molecule has 2 saturated carbocycles. The van der Waals surface area contributed by atoms with Gasteiger partial charge in [0.05, 0.1) is 18.0 Å². The maximum Gasteiger partial charge on any atom is 0.261 e. The van der Waals surface area contributed by atoms with E-state index in [-0.39, 0.29) is 16.5 Å². The first-order valence-corrected chi connectivity index (χ1v) is 15.4. The zero-order valence-electron chi connectivity index (χ0n) is 22.9. The van der Waals surface area contributed by atoms with Gasteiger partial charge in [0.2, 0.25) is 0 Å². The fourth-order valence-electron chi connectivity index (χ4n) is 6.95. The van der Waals surface area contributed by atoms with Gasteiger partial charge in [-0.25, -0.2) is 15.0 Å². The highest BCUT2D eigenvalue weighted by Gasteiger charge is 2.67. The van der Waals surface area contributed by atoms with E-state index in [1.165, 1.54) is 10.4 Å². The Morgan fingerprint density at radius 1 is 0.974 bits per heavy atom. The van der Waals surface area contributed by atoms with Gasteiger partial charge in [0.25, 0.3) is 8.32 Å². The summed E-state index contributed by atoms with van der Waals surface area (Å²) in [5.74, 6) is 1.20. The molecule has 2 heterocycles. The number of fused-ring (bicyclic) bond motifs is 2. The second-order valence-corrected chi connectivity index (χ2v) is 16.5. The zero-order valence-corrected chi connectivity index (χ0v) is 23.9. The number of anilines is 1. The molecule has 0 amide bonds. The van der Waals surface area contributed by atoms with E-state index in [0.717, 1.165) is 23.4 Å². The molecule has 1 N–H and O–H groups in total. The molecule has 4 aromatic rings. The standard InChI is InChI=1S/C30H37N5O2Si/c1-29(2,3)38(21-12-8-6-9-13-21,22-14-10-7-11-15-22)37-18-23-24-16-30(24,17-25(23)36)35-20-33-26-27(34(4)5)31-19-32-28(26)35/h6-15,19-20,23-25,36H,16-18H2,1-5H3/t23-,24-,25+,30-/m0/s1. The van der Waals surface area contributed by atoms with Crippen molar-refractivity contribution in [2.75, 3.05) is 25.6 Å². The Hall–Kier alpha value is -3.07. The van der Waals surface area contributed by atoms with Crippen molar-refractivity contribution >= 4 is 35.7 Å². The van der Waals surface area contributed by atoms with Crippen LogP contribution in [0, 0.1) is 11.8 Å². The average Bonchev–Trinajstić information content (AvgIpc) is 3.30. The SMILES string of the molecule is CN(C)c1ncnc2c1ncn2[C@@]12C[C@@H](O)[C@@H](CO[Si](c3ccccc3)(c3ccccc3)C(C)(C)C)[C@@H]1C2. The molecule has 0 aliphatic heterocycles. The summed E-state index contributed by atoms with van der Waals surface area (Å²) in [4.78, 5) is 15.7. The van der Waals surface area contributed by atoms with E-state index in [1.54, 1.807) is 6.33 Å². The summed E-state index contributed by atoms with van der Waals surface area (Å²) in [6.45, 7) is 7.42. The Balaban J connectivity index is 1.34. The smallest absolute Gasteiger partial charge is 0.261 e. The summed E-state index contributed by atoms with van der Waals surface area (Å²) in [7, 11) is 1.27. The molecule has 8 heteroatoms. The van der Waals surface area contributed by atoms with Crippen LogP contribution in [0.2, 0.25) is 5.04 Å². The van der Waals surface area contributed by atoms with Crippen molar-refractivity contribution < 1.29 is 9.53 Å². The zero-order chi connectivity index (χ0) is 26.7. The Morgan fingerprint density at radius 2 is 1.61 bits per heavy atom. The third-order valence-electron chi connectivity index (χ3n) is 8.80. The Bertz CT molecular complexity index is 1400. The van der Waals surface area contributed by atoms with Gasteiger partial charge in [0.15, 0.2) is 17.0 Å². The first-order chi connectivity index (χ1) is 18.2. The quantitative estimate of drug-likeness (QED) is 0.371. The lowest BCUT2D eigenvalue weighted by Gasteiger charge is -2.43. The van der Waals surface area contributed by atoms with Gasteiger partial charge in [-0.2, -0.15) is 0 Å². The fourth-order valence-corrected chi connectivity index (χ4v) is 11.5. The molecule has 0 spiro atoms. The molecular weight excluding hydrogens is 490 g/mol. The number of aliphatic hydroxyl groups is 1. The Labute approximate surface area is 225 Å². The summed E-state index contributed by atoms with van der Waals surface area (Å²) in [6, 6.07) is 21.4. The van der Waals surface area contributed by atoms with Crippen molar-refractivity contribution in [2.45, 2.75) is 50.3 Å². The fraction of sp³-hybridized carbons (Fsp3) is 0.433. The third-order valence-corrected chi connectivity index (χ3v) is 13.8. The van der Waals surface area contributed by atoms with Gasteiger partial charge in [-0.05, 0) is 34.2 Å². The topological polar surface area (TPSA) is 76.3 Å². The molecule has 7 nitrogen and oxygen atoms in total. The van der Waals surface area contributed by atoms with Crippen LogP contribution in [-0.4, -0.2) is 59.7 Å². The normalized spacial score (nSPS) is 24.9. The minimum absolute atomic E-state index is 0.0595. The molecule has 0 saturated heterocycles. The van der Waals surface area contributed by atoms with Crippen LogP contribution in [0.5, 0.6) is 0 Å². The molecule has 2 aromatic carbocycles. The maximum absolute atomic E-state index is 11.4. The second kappa shape index (κ2) is 9.00. The monoisotopic (exact) mass is 527 g/mol. The lowest BCUT2D eigenvalue weighted by atomic mass is 10.0. The van der Waals surface area contributed by atoms with E-state index >= 15 is 0 Å². The van der Waals surface area contributed by atoms with Crippen molar-refractivity contribution in [3.05, 3.63) is 73.3 Å². The second-order valence-electron chi connectivity index (χ2n) is 12.2. The van der Waals surface area contributed by atoms with Crippen LogP contribution >= 0.6 is 0 Å². The molecule has 2 aliphatic rings. The van der Waals surface area contributed by atoms with Gasteiger partial charge < -0.3 is 19.0 Å².